The van der Waals surface area contributed by atoms with E-state index in [4.69, 9.17) is 19.9 Å². The fourth-order valence-electron chi connectivity index (χ4n) is 5.62. The van der Waals surface area contributed by atoms with Crippen molar-refractivity contribution in [2.75, 3.05) is 20.8 Å². The molecule has 3 aromatic rings. The van der Waals surface area contributed by atoms with Gasteiger partial charge in [0.05, 0.1) is 27.1 Å². The zero-order chi connectivity index (χ0) is 44.0. The highest BCUT2D eigenvalue weighted by Gasteiger charge is 2.40. The van der Waals surface area contributed by atoms with E-state index >= 15 is 0 Å². The number of rotatable bonds is 18. The van der Waals surface area contributed by atoms with Gasteiger partial charge in [-0.05, 0) is 77.1 Å². The van der Waals surface area contributed by atoms with E-state index in [-0.39, 0.29) is 31.1 Å². The number of nitrogens with one attached hydrogen (secondary N) is 3. The highest BCUT2D eigenvalue weighted by Crippen LogP contribution is 2.18. The summed E-state index contributed by atoms with van der Waals surface area (Å²) >= 11 is 0. The van der Waals surface area contributed by atoms with E-state index in [1.54, 1.807) is 39.8 Å². The van der Waals surface area contributed by atoms with Gasteiger partial charge < -0.3 is 35.9 Å². The number of esters is 2. The van der Waals surface area contributed by atoms with E-state index in [9.17, 15) is 33.6 Å². The molecule has 0 heterocycles. The number of hydrogen-bond donors (Lipinski definition) is 4. The van der Waals surface area contributed by atoms with Crippen LogP contribution in [0.5, 0.6) is 0 Å². The molecule has 0 saturated heterocycles. The van der Waals surface area contributed by atoms with Crippen LogP contribution in [0.15, 0.2) is 91.0 Å². The Bertz CT molecular complexity index is 1800. The van der Waals surface area contributed by atoms with E-state index in [2.05, 4.69) is 16.0 Å². The lowest BCUT2D eigenvalue weighted by Gasteiger charge is -2.32. The third-order valence-electron chi connectivity index (χ3n) is 8.56. The average molecular weight is 818 g/mol. The quantitative estimate of drug-likeness (QED) is 0.0824. The first kappa shape index (κ1) is 49.1. The van der Waals surface area contributed by atoms with Crippen molar-refractivity contribution in [2.45, 2.75) is 103 Å². The van der Waals surface area contributed by atoms with Crippen molar-refractivity contribution in [2.24, 2.45) is 5.73 Å². The summed E-state index contributed by atoms with van der Waals surface area (Å²) < 4.78 is 15.0. The maximum absolute atomic E-state index is 13.2. The van der Waals surface area contributed by atoms with Crippen molar-refractivity contribution >= 4 is 41.7 Å². The van der Waals surface area contributed by atoms with Crippen LogP contribution in [-0.4, -0.2) is 97.1 Å². The number of methoxy groups -OCH3 is 2. The predicted octanol–water partition coefficient (Wildman–Crippen LogP) is 3.80. The first-order chi connectivity index (χ1) is 28.0. The zero-order valence-electron chi connectivity index (χ0n) is 35.0. The summed E-state index contributed by atoms with van der Waals surface area (Å²) in [4.78, 5) is 88.3. The molecule has 3 rings (SSSR count). The minimum Gasteiger partial charge on any atom is -0.467 e. The molecule has 0 aliphatic carbocycles. The molecule has 59 heavy (non-hydrogen) atoms. The zero-order valence-corrected chi connectivity index (χ0v) is 35.0. The van der Waals surface area contributed by atoms with Crippen LogP contribution in [0.4, 0.5) is 4.79 Å². The van der Waals surface area contributed by atoms with Gasteiger partial charge in [0.15, 0.2) is 0 Å². The maximum Gasteiger partial charge on any atom is 0.417 e. The number of ether oxygens (including phenoxy) is 3. The Balaban J connectivity index is 0.000000412. The Hall–Kier alpha value is -6.09. The first-order valence-corrected chi connectivity index (χ1v) is 19.4. The van der Waals surface area contributed by atoms with Crippen LogP contribution < -0.4 is 21.7 Å². The Morgan fingerprint density at radius 3 is 1.54 bits per heavy atom. The van der Waals surface area contributed by atoms with Crippen LogP contribution >= 0.6 is 0 Å². The summed E-state index contributed by atoms with van der Waals surface area (Å²) in [6.07, 6.45) is 0.855. The molecule has 0 aliphatic rings. The monoisotopic (exact) mass is 817 g/mol. The fraction of sp³-hybridized carbons (Fsp3) is 0.432. The smallest absolute Gasteiger partial charge is 0.417 e. The second-order valence-corrected chi connectivity index (χ2v) is 14.7. The molecule has 0 aliphatic heterocycles. The van der Waals surface area contributed by atoms with Crippen LogP contribution in [0, 0.1) is 0 Å². The van der Waals surface area contributed by atoms with Crippen molar-refractivity contribution in [3.63, 3.8) is 0 Å². The Morgan fingerprint density at radius 1 is 0.644 bits per heavy atom. The van der Waals surface area contributed by atoms with E-state index in [1.807, 2.05) is 78.9 Å². The molecule has 320 valence electrons. The van der Waals surface area contributed by atoms with Crippen molar-refractivity contribution in [3.05, 3.63) is 108 Å². The number of unbranched alkanes of at least 4 members (excludes halogenated alkanes) is 1. The molecule has 3 aromatic carbocycles. The molecule has 0 spiro atoms. The highest BCUT2D eigenvalue weighted by atomic mass is 16.6. The molecule has 5 N–H and O–H groups in total. The molecule has 0 aromatic heterocycles. The number of carbonyl (C=O) groups is 7. The van der Waals surface area contributed by atoms with Crippen LogP contribution in [0.25, 0.3) is 0 Å². The molecule has 4 atom stereocenters. The second-order valence-electron chi connectivity index (χ2n) is 14.7. The lowest BCUT2D eigenvalue weighted by molar-refractivity contribution is -0.153. The van der Waals surface area contributed by atoms with E-state index < -0.39 is 59.6 Å². The number of nitrogens with zero attached hydrogens (tertiary/aromatic N) is 1. The number of amides is 5. The Kier molecular flexibility index (Phi) is 21.0. The fourth-order valence-corrected chi connectivity index (χ4v) is 5.62. The van der Waals surface area contributed by atoms with Crippen LogP contribution in [0.1, 0.15) is 70.6 Å². The summed E-state index contributed by atoms with van der Waals surface area (Å²) in [5.41, 5.74) is 7.18. The number of carbonyl (C=O) groups excluding carboxylic acids is 7. The summed E-state index contributed by atoms with van der Waals surface area (Å²) in [6, 6.07) is 23.8. The van der Waals surface area contributed by atoms with E-state index in [0.717, 1.165) is 21.6 Å². The second kappa shape index (κ2) is 25.3. The minimum absolute atomic E-state index is 0.0713. The van der Waals surface area contributed by atoms with Crippen LogP contribution in [-0.2, 0) is 62.2 Å². The first-order valence-electron chi connectivity index (χ1n) is 19.4. The van der Waals surface area contributed by atoms with Crippen molar-refractivity contribution in [1.29, 1.82) is 0 Å². The molecule has 0 radical (unpaired) electrons. The van der Waals surface area contributed by atoms with Gasteiger partial charge in [-0.25, -0.2) is 19.3 Å². The summed E-state index contributed by atoms with van der Waals surface area (Å²) in [6.45, 7) is 8.40. The highest BCUT2D eigenvalue weighted by molar-refractivity contribution is 6.00. The molecule has 0 bridgehead atoms. The summed E-state index contributed by atoms with van der Waals surface area (Å²) in [5, 5.41) is 7.90. The molecule has 5 amide bonds. The predicted molar refractivity (Wildman–Crippen MR) is 221 cm³/mol. The minimum atomic E-state index is -1.19. The molecule has 0 unspecified atom stereocenters. The van der Waals surface area contributed by atoms with Gasteiger partial charge >= 0.3 is 18.0 Å². The largest absolute Gasteiger partial charge is 0.467 e. The van der Waals surface area contributed by atoms with Crippen molar-refractivity contribution in [1.82, 2.24) is 20.9 Å². The Morgan fingerprint density at radius 2 is 1.10 bits per heavy atom. The van der Waals surface area contributed by atoms with Gasteiger partial charge in [-0.2, -0.15) is 0 Å². The molecule has 0 saturated carbocycles. The topological polar surface area (TPSA) is 213 Å². The van der Waals surface area contributed by atoms with Gasteiger partial charge in [0, 0.05) is 6.42 Å². The number of nitrogens with two attached hydrogens (primary N) is 1. The lowest BCUT2D eigenvalue weighted by atomic mass is 10.1. The third kappa shape index (κ3) is 18.4. The third-order valence-corrected chi connectivity index (χ3v) is 8.56. The maximum atomic E-state index is 13.2. The average Bonchev–Trinajstić information content (AvgIpc) is 3.20. The van der Waals surface area contributed by atoms with E-state index in [0.29, 0.717) is 25.8 Å². The van der Waals surface area contributed by atoms with Crippen molar-refractivity contribution in [3.8, 4) is 0 Å². The van der Waals surface area contributed by atoms with Crippen LogP contribution in [0.3, 0.4) is 0 Å². The number of hydrogen-bond acceptors (Lipinski definition) is 11. The van der Waals surface area contributed by atoms with Crippen LogP contribution in [0.2, 0.25) is 0 Å². The number of benzene rings is 3. The molecular weight excluding hydrogens is 759 g/mol. The molecule has 0 fully saturated rings. The van der Waals surface area contributed by atoms with Crippen molar-refractivity contribution < 1.29 is 47.8 Å². The van der Waals surface area contributed by atoms with Gasteiger partial charge in [-0.3, -0.25) is 19.2 Å². The van der Waals surface area contributed by atoms with Gasteiger partial charge in [0.25, 0.3) is 5.91 Å². The standard InChI is InChI=1S/C23H35N3O6.C21H24N2O4/c1-16(25-19(27)15-17-11-7-6-8-12-17)20(28)26(22(30)32-23(2,3)4)18(21(29)31-5)13-9-10-14-24;1-15(22-19(24)14-17-11-7-4-8-12-17)20(25)23-18(21(26)27-2)13-16-9-5-3-6-10-16/h6-8,11-12,16,18H,9-10,13-15,24H2,1-5H3,(H,25,27);3-12,15,18H,13-14H2,1-2H3,(H,22,24)(H,23,25)/t16-,18-;15-,18-/m00/s1. The van der Waals surface area contributed by atoms with E-state index in [1.165, 1.54) is 21.1 Å². The lowest BCUT2D eigenvalue weighted by Crippen LogP contribution is -2.56. The molecule has 15 heteroatoms. The summed E-state index contributed by atoms with van der Waals surface area (Å²) in [5.74, 6) is -3.13. The van der Waals surface area contributed by atoms with Gasteiger partial charge in [-0.1, -0.05) is 91.0 Å². The summed E-state index contributed by atoms with van der Waals surface area (Å²) in [7, 11) is 2.46. The van der Waals surface area contributed by atoms with Gasteiger partial charge in [0.1, 0.15) is 29.8 Å². The van der Waals surface area contributed by atoms with Gasteiger partial charge in [0.2, 0.25) is 17.7 Å². The normalized spacial score (nSPS) is 12.7. The number of imide groups is 1. The molecule has 15 nitrogen and oxygen atoms in total. The SMILES string of the molecule is COC(=O)[C@H](CCCCN)N(C(=O)OC(C)(C)C)C(=O)[C@H](C)NC(=O)Cc1ccccc1.COC(=O)[C@H](Cc1ccccc1)NC(=O)[C@H](C)NC(=O)Cc1ccccc1. The molecular formula is C44H59N5O10. The Labute approximate surface area is 346 Å². The van der Waals surface area contributed by atoms with Gasteiger partial charge in [-0.15, -0.1) is 0 Å².